The summed E-state index contributed by atoms with van der Waals surface area (Å²) in [5.41, 5.74) is -0.0537. The third kappa shape index (κ3) is 5.21. The zero-order chi connectivity index (χ0) is 25.1. The van der Waals surface area contributed by atoms with Crippen LogP contribution in [-0.2, 0) is 0 Å². The summed E-state index contributed by atoms with van der Waals surface area (Å²) in [5.74, 6) is -6.04. The molecule has 1 fully saturated rings. The molecule has 186 valence electrons. The van der Waals surface area contributed by atoms with Crippen molar-refractivity contribution >= 4 is 0 Å². The van der Waals surface area contributed by atoms with Crippen LogP contribution in [-0.4, -0.2) is 18.3 Å². The number of phenolic OH excluding ortho intramolecular Hbond substituents is 1. The van der Waals surface area contributed by atoms with Crippen molar-refractivity contribution in [1.29, 1.82) is 0 Å². The van der Waals surface area contributed by atoms with Crippen molar-refractivity contribution in [2.24, 2.45) is 5.92 Å². The van der Waals surface area contributed by atoms with Gasteiger partial charge in [-0.25, -0.2) is 13.2 Å². The van der Waals surface area contributed by atoms with Crippen LogP contribution in [0.4, 0.5) is 22.0 Å². The third-order valence-corrected chi connectivity index (χ3v) is 6.44. The summed E-state index contributed by atoms with van der Waals surface area (Å²) in [6.45, 7) is 2.12. The molecule has 0 bridgehead atoms. The molecule has 1 N–H and O–H groups in total. The number of benzene rings is 3. The molecule has 1 aliphatic rings. The Morgan fingerprint density at radius 1 is 0.771 bits per heavy atom. The van der Waals surface area contributed by atoms with E-state index >= 15 is 0 Å². The maximum Gasteiger partial charge on any atom is 0.201 e. The monoisotopic (exact) mass is 492 g/mol. The number of hydrogen-bond acceptors (Lipinski definition) is 3. The quantitative estimate of drug-likeness (QED) is 0.347. The normalized spacial score (nSPS) is 17.9. The Kier molecular flexibility index (Phi) is 7.48. The van der Waals surface area contributed by atoms with Gasteiger partial charge in [0, 0.05) is 17.2 Å². The second-order valence-corrected chi connectivity index (χ2v) is 8.64. The van der Waals surface area contributed by atoms with Crippen LogP contribution in [0.3, 0.4) is 0 Å². The molecule has 0 atom stereocenters. The maximum atomic E-state index is 14.7. The van der Waals surface area contributed by atoms with Crippen LogP contribution in [0, 0.1) is 35.0 Å². The summed E-state index contributed by atoms with van der Waals surface area (Å²) < 4.78 is 81.9. The van der Waals surface area contributed by atoms with E-state index in [2.05, 4.69) is 0 Å². The van der Waals surface area contributed by atoms with Gasteiger partial charge in [-0.05, 0) is 80.3 Å². The van der Waals surface area contributed by atoms with Crippen molar-refractivity contribution in [2.75, 3.05) is 13.2 Å². The zero-order valence-corrected chi connectivity index (χ0v) is 19.1. The third-order valence-electron chi connectivity index (χ3n) is 6.44. The SMILES string of the molecule is CCOc1ccc(-c2ccc(OCC3CCC(c4ccc(O)c(F)c4F)CC3)cc2F)c(F)c1F. The molecule has 0 amide bonds. The molecule has 1 aliphatic carbocycles. The summed E-state index contributed by atoms with van der Waals surface area (Å²) in [7, 11) is 0. The molecule has 0 aliphatic heterocycles. The van der Waals surface area contributed by atoms with E-state index in [0.717, 1.165) is 12.1 Å². The first-order chi connectivity index (χ1) is 16.8. The number of aromatic hydroxyl groups is 1. The minimum absolute atomic E-state index is 0.0968. The lowest BCUT2D eigenvalue weighted by Gasteiger charge is -2.29. The van der Waals surface area contributed by atoms with Crippen LogP contribution in [0.15, 0.2) is 42.5 Å². The van der Waals surface area contributed by atoms with Crippen LogP contribution < -0.4 is 9.47 Å². The minimum Gasteiger partial charge on any atom is -0.505 e. The molecule has 0 saturated heterocycles. The van der Waals surface area contributed by atoms with E-state index in [0.29, 0.717) is 32.3 Å². The van der Waals surface area contributed by atoms with Gasteiger partial charge in [-0.2, -0.15) is 8.78 Å². The van der Waals surface area contributed by atoms with E-state index in [4.69, 9.17) is 9.47 Å². The van der Waals surface area contributed by atoms with Gasteiger partial charge in [-0.15, -0.1) is 0 Å². The molecule has 3 nitrogen and oxygen atoms in total. The van der Waals surface area contributed by atoms with Crippen molar-refractivity contribution in [3.63, 3.8) is 0 Å². The first kappa shape index (κ1) is 24.8. The molecule has 3 aromatic rings. The van der Waals surface area contributed by atoms with Gasteiger partial charge in [-0.1, -0.05) is 6.07 Å². The zero-order valence-electron chi connectivity index (χ0n) is 19.1. The molecular weight excluding hydrogens is 467 g/mol. The molecule has 0 spiro atoms. The van der Waals surface area contributed by atoms with Gasteiger partial charge >= 0.3 is 0 Å². The lowest BCUT2D eigenvalue weighted by Crippen LogP contribution is -2.20. The summed E-state index contributed by atoms with van der Waals surface area (Å²) >= 11 is 0. The summed E-state index contributed by atoms with van der Waals surface area (Å²) in [6, 6.07) is 9.06. The highest BCUT2D eigenvalue weighted by molar-refractivity contribution is 5.66. The average Bonchev–Trinajstić information content (AvgIpc) is 2.85. The number of hydrogen-bond donors (Lipinski definition) is 1. The van der Waals surface area contributed by atoms with E-state index < -0.39 is 34.8 Å². The second-order valence-electron chi connectivity index (χ2n) is 8.64. The topological polar surface area (TPSA) is 38.7 Å². The van der Waals surface area contributed by atoms with Crippen molar-refractivity contribution in [1.82, 2.24) is 0 Å². The Morgan fingerprint density at radius 2 is 1.49 bits per heavy atom. The lowest BCUT2D eigenvalue weighted by atomic mass is 9.79. The molecular formula is C27H25F5O3. The molecule has 3 aromatic carbocycles. The first-order valence-electron chi connectivity index (χ1n) is 11.5. The van der Waals surface area contributed by atoms with Gasteiger partial charge in [0.15, 0.2) is 23.1 Å². The van der Waals surface area contributed by atoms with Gasteiger partial charge in [0.1, 0.15) is 11.6 Å². The number of rotatable bonds is 7. The van der Waals surface area contributed by atoms with Crippen molar-refractivity contribution in [2.45, 2.75) is 38.5 Å². The van der Waals surface area contributed by atoms with Crippen LogP contribution in [0.1, 0.15) is 44.1 Å². The predicted molar refractivity (Wildman–Crippen MR) is 121 cm³/mol. The van der Waals surface area contributed by atoms with Crippen molar-refractivity contribution < 1.29 is 36.5 Å². The summed E-state index contributed by atoms with van der Waals surface area (Å²) in [5, 5.41) is 9.30. The molecule has 4 rings (SSSR count). The lowest BCUT2D eigenvalue weighted by molar-refractivity contribution is 0.198. The minimum atomic E-state index is -1.23. The highest BCUT2D eigenvalue weighted by Crippen LogP contribution is 2.39. The van der Waals surface area contributed by atoms with Crippen molar-refractivity contribution in [3.05, 3.63) is 77.1 Å². The Labute approximate surface area is 200 Å². The fourth-order valence-electron chi connectivity index (χ4n) is 4.53. The maximum absolute atomic E-state index is 14.7. The number of halogens is 5. The molecule has 0 unspecified atom stereocenters. The van der Waals surface area contributed by atoms with Crippen LogP contribution >= 0.6 is 0 Å². The van der Waals surface area contributed by atoms with E-state index in [-0.39, 0.29) is 46.6 Å². The van der Waals surface area contributed by atoms with Gasteiger partial charge in [0.25, 0.3) is 0 Å². The smallest absolute Gasteiger partial charge is 0.201 e. The Bertz CT molecular complexity index is 1210. The fraction of sp³-hybridized carbons (Fsp3) is 0.333. The Balaban J connectivity index is 1.37. The second kappa shape index (κ2) is 10.5. The molecule has 0 heterocycles. The molecule has 35 heavy (non-hydrogen) atoms. The number of ether oxygens (including phenoxy) is 2. The predicted octanol–water partition coefficient (Wildman–Crippen LogP) is 7.51. The fourth-order valence-corrected chi connectivity index (χ4v) is 4.53. The van der Waals surface area contributed by atoms with Gasteiger partial charge < -0.3 is 14.6 Å². The van der Waals surface area contributed by atoms with Crippen LogP contribution in [0.5, 0.6) is 17.2 Å². The Hall–Kier alpha value is -3.29. The molecule has 0 radical (unpaired) electrons. The van der Waals surface area contributed by atoms with E-state index in [1.54, 1.807) is 6.92 Å². The first-order valence-corrected chi connectivity index (χ1v) is 11.5. The largest absolute Gasteiger partial charge is 0.505 e. The molecule has 0 aromatic heterocycles. The van der Waals surface area contributed by atoms with E-state index in [9.17, 15) is 27.1 Å². The standard InChI is InChI=1S/C27H25F5O3/c1-2-34-23-12-10-20(25(30)27(23)32)19-8-7-17(13-21(19)28)35-14-15-3-5-16(6-4-15)18-9-11-22(33)26(31)24(18)29/h7-13,15-16,33H,2-6,14H2,1H3. The van der Waals surface area contributed by atoms with E-state index in [1.807, 2.05) is 0 Å². The van der Waals surface area contributed by atoms with Crippen LogP contribution in [0.2, 0.25) is 0 Å². The van der Waals surface area contributed by atoms with Crippen LogP contribution in [0.25, 0.3) is 11.1 Å². The summed E-state index contributed by atoms with van der Waals surface area (Å²) in [6.07, 6.45) is 2.68. The molecule has 8 heteroatoms. The highest BCUT2D eigenvalue weighted by Gasteiger charge is 2.27. The van der Waals surface area contributed by atoms with Gasteiger partial charge in [0.05, 0.1) is 13.2 Å². The van der Waals surface area contributed by atoms with E-state index in [1.165, 1.54) is 30.3 Å². The average molecular weight is 492 g/mol. The summed E-state index contributed by atoms with van der Waals surface area (Å²) in [4.78, 5) is 0. The molecule has 1 saturated carbocycles. The van der Waals surface area contributed by atoms with Gasteiger partial charge in [0.2, 0.25) is 11.6 Å². The Morgan fingerprint density at radius 3 is 2.17 bits per heavy atom. The van der Waals surface area contributed by atoms with Gasteiger partial charge in [-0.3, -0.25) is 0 Å². The highest BCUT2D eigenvalue weighted by atomic mass is 19.2. The number of phenols is 1. The van der Waals surface area contributed by atoms with Crippen molar-refractivity contribution in [3.8, 4) is 28.4 Å².